The van der Waals surface area contributed by atoms with E-state index in [0.29, 0.717) is 6.04 Å². The predicted molar refractivity (Wildman–Crippen MR) is 56.1 cm³/mol. The Morgan fingerprint density at radius 1 is 1.67 bits per heavy atom. The fourth-order valence-electron chi connectivity index (χ4n) is 1.57. The van der Waals surface area contributed by atoms with Gasteiger partial charge in [0.15, 0.2) is 0 Å². The molecule has 0 spiro atoms. The van der Waals surface area contributed by atoms with Crippen molar-refractivity contribution in [1.82, 2.24) is 15.1 Å². The molecular formula is C8H12IN3. The average molecular weight is 277 g/mol. The molecule has 1 saturated heterocycles. The SMILES string of the molecule is Ic1cnn([C@@H]2CCCNC2)c1. The minimum Gasteiger partial charge on any atom is -0.315 e. The first-order valence-electron chi connectivity index (χ1n) is 4.26. The van der Waals surface area contributed by atoms with Crippen molar-refractivity contribution in [3.63, 3.8) is 0 Å². The van der Waals surface area contributed by atoms with Gasteiger partial charge in [-0.05, 0) is 42.0 Å². The molecule has 0 amide bonds. The van der Waals surface area contributed by atoms with Crippen LogP contribution in [0.5, 0.6) is 0 Å². The molecule has 0 aliphatic carbocycles. The summed E-state index contributed by atoms with van der Waals surface area (Å²) in [5, 5.41) is 7.69. The summed E-state index contributed by atoms with van der Waals surface area (Å²) in [6, 6.07) is 0.572. The number of halogens is 1. The summed E-state index contributed by atoms with van der Waals surface area (Å²) < 4.78 is 3.30. The molecular weight excluding hydrogens is 265 g/mol. The first-order chi connectivity index (χ1) is 5.86. The van der Waals surface area contributed by atoms with Gasteiger partial charge in [-0.1, -0.05) is 0 Å². The Labute approximate surface area is 85.7 Å². The third-order valence-corrected chi connectivity index (χ3v) is 2.77. The van der Waals surface area contributed by atoms with E-state index in [-0.39, 0.29) is 0 Å². The van der Waals surface area contributed by atoms with Gasteiger partial charge < -0.3 is 5.32 Å². The van der Waals surface area contributed by atoms with Crippen molar-refractivity contribution < 1.29 is 0 Å². The molecule has 1 aromatic rings. The highest BCUT2D eigenvalue weighted by Crippen LogP contribution is 2.16. The van der Waals surface area contributed by atoms with Crippen LogP contribution in [0.15, 0.2) is 12.4 Å². The zero-order chi connectivity index (χ0) is 8.39. The maximum Gasteiger partial charge on any atom is 0.0644 e. The lowest BCUT2D eigenvalue weighted by molar-refractivity contribution is 0.346. The normalized spacial score (nSPS) is 24.2. The molecule has 0 saturated carbocycles. The van der Waals surface area contributed by atoms with E-state index in [1.807, 2.05) is 6.20 Å². The van der Waals surface area contributed by atoms with Crippen molar-refractivity contribution >= 4 is 22.6 Å². The minimum atomic E-state index is 0.572. The first-order valence-corrected chi connectivity index (χ1v) is 5.34. The molecule has 12 heavy (non-hydrogen) atoms. The Balaban J connectivity index is 2.08. The topological polar surface area (TPSA) is 29.9 Å². The third kappa shape index (κ3) is 1.80. The van der Waals surface area contributed by atoms with Crippen molar-refractivity contribution in [3.05, 3.63) is 16.0 Å². The second kappa shape index (κ2) is 3.74. The Bertz CT molecular complexity index is 253. The van der Waals surface area contributed by atoms with E-state index in [0.717, 1.165) is 13.1 Å². The van der Waals surface area contributed by atoms with Gasteiger partial charge in [-0.3, -0.25) is 4.68 Å². The largest absolute Gasteiger partial charge is 0.315 e. The van der Waals surface area contributed by atoms with Gasteiger partial charge in [-0.15, -0.1) is 0 Å². The van der Waals surface area contributed by atoms with Crippen LogP contribution in [-0.4, -0.2) is 22.9 Å². The average Bonchev–Trinajstić information content (AvgIpc) is 2.54. The zero-order valence-electron chi connectivity index (χ0n) is 6.83. The van der Waals surface area contributed by atoms with Crippen LogP contribution in [0.2, 0.25) is 0 Å². The van der Waals surface area contributed by atoms with Gasteiger partial charge in [0.2, 0.25) is 0 Å². The molecule has 0 aromatic carbocycles. The number of piperidine rings is 1. The molecule has 1 atom stereocenters. The molecule has 1 aliphatic heterocycles. The van der Waals surface area contributed by atoms with E-state index in [2.05, 4.69) is 43.9 Å². The third-order valence-electron chi connectivity index (χ3n) is 2.21. The second-order valence-corrected chi connectivity index (χ2v) is 4.38. The van der Waals surface area contributed by atoms with Gasteiger partial charge in [0.1, 0.15) is 0 Å². The number of aromatic nitrogens is 2. The lowest BCUT2D eigenvalue weighted by atomic mass is 10.1. The summed E-state index contributed by atoms with van der Waals surface area (Å²) in [5.74, 6) is 0. The molecule has 0 radical (unpaired) electrons. The molecule has 0 unspecified atom stereocenters. The lowest BCUT2D eigenvalue weighted by Gasteiger charge is -2.22. The van der Waals surface area contributed by atoms with Gasteiger partial charge in [0.05, 0.1) is 15.8 Å². The van der Waals surface area contributed by atoms with Crippen molar-refractivity contribution in [2.45, 2.75) is 18.9 Å². The molecule has 2 rings (SSSR count). The summed E-state index contributed by atoms with van der Waals surface area (Å²) in [5.41, 5.74) is 0. The summed E-state index contributed by atoms with van der Waals surface area (Å²) in [6.45, 7) is 2.23. The smallest absolute Gasteiger partial charge is 0.0644 e. The summed E-state index contributed by atoms with van der Waals surface area (Å²) in [7, 11) is 0. The van der Waals surface area contributed by atoms with Gasteiger partial charge >= 0.3 is 0 Å². The second-order valence-electron chi connectivity index (χ2n) is 3.14. The Hall–Kier alpha value is -0.100. The van der Waals surface area contributed by atoms with Crippen molar-refractivity contribution in [2.24, 2.45) is 0 Å². The molecule has 66 valence electrons. The molecule has 1 N–H and O–H groups in total. The zero-order valence-corrected chi connectivity index (χ0v) is 8.99. The predicted octanol–water partition coefficient (Wildman–Crippen LogP) is 1.41. The minimum absolute atomic E-state index is 0.572. The van der Waals surface area contributed by atoms with Crippen LogP contribution in [0.25, 0.3) is 0 Å². The van der Waals surface area contributed by atoms with Gasteiger partial charge in [0, 0.05) is 12.7 Å². The van der Waals surface area contributed by atoms with E-state index < -0.39 is 0 Å². The molecule has 3 nitrogen and oxygen atoms in total. The number of nitrogens with one attached hydrogen (secondary N) is 1. The number of hydrogen-bond acceptors (Lipinski definition) is 2. The molecule has 0 bridgehead atoms. The van der Waals surface area contributed by atoms with Gasteiger partial charge in [-0.25, -0.2) is 0 Å². The highest BCUT2D eigenvalue weighted by Gasteiger charge is 2.14. The van der Waals surface area contributed by atoms with Crippen LogP contribution in [0.3, 0.4) is 0 Å². The van der Waals surface area contributed by atoms with Crippen LogP contribution in [-0.2, 0) is 0 Å². The van der Waals surface area contributed by atoms with E-state index in [4.69, 9.17) is 0 Å². The standard InChI is InChI=1S/C8H12IN3/c9-7-4-11-12(6-7)8-2-1-3-10-5-8/h4,6,8,10H,1-3,5H2/t8-/m1/s1. The fourth-order valence-corrected chi connectivity index (χ4v) is 1.98. The van der Waals surface area contributed by atoms with E-state index in [1.54, 1.807) is 0 Å². The van der Waals surface area contributed by atoms with Crippen LogP contribution in [0, 0.1) is 3.57 Å². The quantitative estimate of drug-likeness (QED) is 0.787. The van der Waals surface area contributed by atoms with Crippen LogP contribution >= 0.6 is 22.6 Å². The first kappa shape index (κ1) is 8.50. The van der Waals surface area contributed by atoms with Crippen molar-refractivity contribution in [3.8, 4) is 0 Å². The van der Waals surface area contributed by atoms with Crippen molar-refractivity contribution in [2.75, 3.05) is 13.1 Å². The lowest BCUT2D eigenvalue weighted by Crippen LogP contribution is -2.31. The van der Waals surface area contributed by atoms with E-state index in [9.17, 15) is 0 Å². The Morgan fingerprint density at radius 3 is 3.17 bits per heavy atom. The summed E-state index contributed by atoms with van der Waals surface area (Å²) >= 11 is 2.29. The molecule has 2 heterocycles. The van der Waals surface area contributed by atoms with E-state index in [1.165, 1.54) is 16.4 Å². The maximum absolute atomic E-state index is 4.31. The summed E-state index contributed by atoms with van der Waals surface area (Å²) in [4.78, 5) is 0. The van der Waals surface area contributed by atoms with Crippen LogP contribution < -0.4 is 5.32 Å². The number of nitrogens with zero attached hydrogens (tertiary/aromatic N) is 2. The molecule has 4 heteroatoms. The highest BCUT2D eigenvalue weighted by atomic mass is 127. The fraction of sp³-hybridized carbons (Fsp3) is 0.625. The highest BCUT2D eigenvalue weighted by molar-refractivity contribution is 14.1. The Morgan fingerprint density at radius 2 is 2.58 bits per heavy atom. The van der Waals surface area contributed by atoms with E-state index >= 15 is 0 Å². The van der Waals surface area contributed by atoms with Crippen molar-refractivity contribution in [1.29, 1.82) is 0 Å². The van der Waals surface area contributed by atoms with Gasteiger partial charge in [0.25, 0.3) is 0 Å². The van der Waals surface area contributed by atoms with Gasteiger partial charge in [-0.2, -0.15) is 5.10 Å². The Kier molecular flexibility index (Phi) is 2.65. The number of hydrogen-bond donors (Lipinski definition) is 1. The monoisotopic (exact) mass is 277 g/mol. The molecule has 1 aromatic heterocycles. The number of rotatable bonds is 1. The molecule has 1 fully saturated rings. The van der Waals surface area contributed by atoms with Crippen LogP contribution in [0.1, 0.15) is 18.9 Å². The van der Waals surface area contributed by atoms with Crippen LogP contribution in [0.4, 0.5) is 0 Å². The maximum atomic E-state index is 4.31. The molecule has 1 aliphatic rings. The summed E-state index contributed by atoms with van der Waals surface area (Å²) in [6.07, 6.45) is 6.54.